The summed E-state index contributed by atoms with van der Waals surface area (Å²) in [5.41, 5.74) is 0. The summed E-state index contributed by atoms with van der Waals surface area (Å²) in [4.78, 5) is 27.8. The summed E-state index contributed by atoms with van der Waals surface area (Å²) in [5.74, 6) is 0.193. The highest BCUT2D eigenvalue weighted by atomic mass is 16.5. The largest absolute Gasteiger partial charge is 0.368 e. The Balaban J connectivity index is 1.81. The van der Waals surface area contributed by atoms with Crippen molar-refractivity contribution in [3.63, 3.8) is 0 Å². The third-order valence-electron chi connectivity index (χ3n) is 3.91. The molecule has 0 aliphatic carbocycles. The van der Waals surface area contributed by atoms with Crippen LogP contribution in [0.3, 0.4) is 0 Å². The van der Waals surface area contributed by atoms with Crippen LogP contribution >= 0.6 is 0 Å². The fourth-order valence-corrected chi connectivity index (χ4v) is 2.52. The highest BCUT2D eigenvalue weighted by molar-refractivity contribution is 5.83. The van der Waals surface area contributed by atoms with E-state index >= 15 is 0 Å². The normalized spacial score (nSPS) is 25.5. The maximum atomic E-state index is 12.2. The minimum absolute atomic E-state index is 0.0891. The van der Waals surface area contributed by atoms with Crippen LogP contribution in [0.1, 0.15) is 19.8 Å². The lowest BCUT2D eigenvalue weighted by molar-refractivity contribution is -0.146. The van der Waals surface area contributed by atoms with Crippen molar-refractivity contribution in [2.75, 3.05) is 39.8 Å². The molecule has 2 heterocycles. The molecule has 2 atom stereocenters. The number of nitrogens with one attached hydrogen (secondary N) is 1. The van der Waals surface area contributed by atoms with Gasteiger partial charge in [-0.05, 0) is 26.8 Å². The van der Waals surface area contributed by atoms with E-state index in [1.54, 1.807) is 7.05 Å². The lowest BCUT2D eigenvalue weighted by Crippen LogP contribution is -2.55. The molecule has 0 aromatic heterocycles. The predicted molar refractivity (Wildman–Crippen MR) is 70.7 cm³/mol. The molecule has 19 heavy (non-hydrogen) atoms. The minimum atomic E-state index is -0.251. The van der Waals surface area contributed by atoms with Gasteiger partial charge in [0.15, 0.2) is 0 Å². The molecule has 1 N–H and O–H groups in total. The molecule has 0 bridgehead atoms. The van der Waals surface area contributed by atoms with Crippen LogP contribution in [0, 0.1) is 0 Å². The van der Waals surface area contributed by atoms with Crippen molar-refractivity contribution in [2.24, 2.45) is 0 Å². The molecule has 2 amide bonds. The molecule has 2 rings (SSSR count). The molecule has 2 saturated heterocycles. The summed E-state index contributed by atoms with van der Waals surface area (Å²) in [5, 5.41) is 2.95. The van der Waals surface area contributed by atoms with Crippen molar-refractivity contribution < 1.29 is 14.3 Å². The van der Waals surface area contributed by atoms with Crippen molar-refractivity contribution >= 4 is 11.8 Å². The van der Waals surface area contributed by atoms with Gasteiger partial charge < -0.3 is 19.9 Å². The zero-order chi connectivity index (χ0) is 13.8. The number of rotatable bonds is 3. The van der Waals surface area contributed by atoms with Crippen LogP contribution < -0.4 is 5.32 Å². The Morgan fingerprint density at radius 3 is 2.37 bits per heavy atom. The first-order valence-corrected chi connectivity index (χ1v) is 7.00. The first-order chi connectivity index (χ1) is 9.13. The minimum Gasteiger partial charge on any atom is -0.368 e. The fraction of sp³-hybridized carbons (Fsp3) is 0.846. The lowest BCUT2D eigenvalue weighted by Gasteiger charge is -2.36. The average Bonchev–Trinajstić information content (AvgIpc) is 2.99. The number of hydrogen-bond acceptors (Lipinski definition) is 4. The fourth-order valence-electron chi connectivity index (χ4n) is 2.52. The average molecular weight is 269 g/mol. The molecule has 0 radical (unpaired) electrons. The van der Waals surface area contributed by atoms with Crippen molar-refractivity contribution in [1.82, 2.24) is 15.1 Å². The second kappa shape index (κ2) is 6.34. The van der Waals surface area contributed by atoms with Crippen LogP contribution in [0.5, 0.6) is 0 Å². The van der Waals surface area contributed by atoms with Gasteiger partial charge in [-0.3, -0.25) is 9.59 Å². The van der Waals surface area contributed by atoms with Gasteiger partial charge in [0.25, 0.3) is 5.91 Å². The van der Waals surface area contributed by atoms with Crippen LogP contribution in [0.4, 0.5) is 0 Å². The van der Waals surface area contributed by atoms with E-state index in [0.29, 0.717) is 32.8 Å². The van der Waals surface area contributed by atoms with E-state index in [9.17, 15) is 9.59 Å². The summed E-state index contributed by atoms with van der Waals surface area (Å²) in [6.07, 6.45) is 1.54. The number of amides is 2. The summed E-state index contributed by atoms with van der Waals surface area (Å²) in [6, 6.07) is -0.166. The van der Waals surface area contributed by atoms with Gasteiger partial charge in [-0.2, -0.15) is 0 Å². The van der Waals surface area contributed by atoms with Gasteiger partial charge in [-0.15, -0.1) is 0 Å². The molecular weight excluding hydrogens is 246 g/mol. The highest BCUT2D eigenvalue weighted by Gasteiger charge is 2.31. The van der Waals surface area contributed by atoms with Gasteiger partial charge in [0.2, 0.25) is 5.91 Å². The molecular formula is C13H23N3O3. The molecule has 0 spiro atoms. The van der Waals surface area contributed by atoms with E-state index < -0.39 is 0 Å². The molecule has 2 aliphatic heterocycles. The predicted octanol–water partition coefficient (Wildman–Crippen LogP) is -0.556. The third kappa shape index (κ3) is 3.25. The topological polar surface area (TPSA) is 61.9 Å². The number of nitrogens with zero attached hydrogens (tertiary/aromatic N) is 2. The number of hydrogen-bond donors (Lipinski definition) is 1. The summed E-state index contributed by atoms with van der Waals surface area (Å²) in [6.45, 7) is 5.00. The number of likely N-dealkylation sites (N-methyl/N-ethyl adjacent to an activating group) is 1. The molecule has 2 aliphatic rings. The SMILES string of the molecule is CNC(C)C(=O)N1CCN(C(=O)C2CCCO2)CC1. The van der Waals surface area contributed by atoms with Crippen molar-refractivity contribution in [1.29, 1.82) is 0 Å². The molecule has 108 valence electrons. The standard InChI is InChI=1S/C13H23N3O3/c1-10(14-2)12(17)15-5-7-16(8-6-15)13(18)11-4-3-9-19-11/h10-11,14H,3-9H2,1-2H3. The Morgan fingerprint density at radius 1 is 1.21 bits per heavy atom. The van der Waals surface area contributed by atoms with Gasteiger partial charge in [-0.1, -0.05) is 0 Å². The molecule has 6 heteroatoms. The zero-order valence-electron chi connectivity index (χ0n) is 11.7. The van der Waals surface area contributed by atoms with E-state index in [4.69, 9.17) is 4.74 Å². The maximum absolute atomic E-state index is 12.2. The van der Waals surface area contributed by atoms with Gasteiger partial charge in [0.05, 0.1) is 6.04 Å². The van der Waals surface area contributed by atoms with Gasteiger partial charge in [-0.25, -0.2) is 0 Å². The molecule has 6 nitrogen and oxygen atoms in total. The Bertz CT molecular complexity index is 334. The van der Waals surface area contributed by atoms with Gasteiger partial charge in [0, 0.05) is 32.8 Å². The van der Waals surface area contributed by atoms with Crippen molar-refractivity contribution in [3.8, 4) is 0 Å². The number of piperazine rings is 1. The van der Waals surface area contributed by atoms with Crippen molar-refractivity contribution in [2.45, 2.75) is 31.9 Å². The van der Waals surface area contributed by atoms with E-state index in [1.807, 2.05) is 16.7 Å². The first kappa shape index (κ1) is 14.3. The van der Waals surface area contributed by atoms with Gasteiger partial charge in [0.1, 0.15) is 6.10 Å². The Labute approximate surface area is 114 Å². The number of carbonyl (C=O) groups is 2. The van der Waals surface area contributed by atoms with E-state index in [-0.39, 0.29) is 24.0 Å². The van der Waals surface area contributed by atoms with E-state index in [2.05, 4.69) is 5.32 Å². The Morgan fingerprint density at radius 2 is 1.84 bits per heavy atom. The van der Waals surface area contributed by atoms with Gasteiger partial charge >= 0.3 is 0 Å². The van der Waals surface area contributed by atoms with Crippen molar-refractivity contribution in [3.05, 3.63) is 0 Å². The van der Waals surface area contributed by atoms with E-state index in [1.165, 1.54) is 0 Å². The first-order valence-electron chi connectivity index (χ1n) is 7.00. The highest BCUT2D eigenvalue weighted by Crippen LogP contribution is 2.16. The monoisotopic (exact) mass is 269 g/mol. The molecule has 2 unspecified atom stereocenters. The van der Waals surface area contributed by atoms with E-state index in [0.717, 1.165) is 12.8 Å². The number of carbonyl (C=O) groups excluding carboxylic acids is 2. The van der Waals surface area contributed by atoms with Crippen LogP contribution in [-0.2, 0) is 14.3 Å². The van der Waals surface area contributed by atoms with Crippen LogP contribution in [0.15, 0.2) is 0 Å². The lowest BCUT2D eigenvalue weighted by atomic mass is 10.2. The van der Waals surface area contributed by atoms with Crippen LogP contribution in [-0.4, -0.2) is 73.6 Å². The van der Waals surface area contributed by atoms with Crippen LogP contribution in [0.25, 0.3) is 0 Å². The molecule has 0 aromatic rings. The quantitative estimate of drug-likeness (QED) is 0.746. The maximum Gasteiger partial charge on any atom is 0.251 e. The summed E-state index contributed by atoms with van der Waals surface area (Å²) < 4.78 is 5.42. The molecule has 0 saturated carbocycles. The Kier molecular flexibility index (Phi) is 4.76. The molecule has 2 fully saturated rings. The smallest absolute Gasteiger partial charge is 0.251 e. The Hall–Kier alpha value is -1.14. The second-order valence-electron chi connectivity index (χ2n) is 5.16. The zero-order valence-corrected chi connectivity index (χ0v) is 11.7. The summed E-state index contributed by atoms with van der Waals surface area (Å²) >= 11 is 0. The van der Waals surface area contributed by atoms with Crippen LogP contribution in [0.2, 0.25) is 0 Å². The summed E-state index contributed by atoms with van der Waals surface area (Å²) in [7, 11) is 1.78. The molecule has 0 aromatic carbocycles. The third-order valence-corrected chi connectivity index (χ3v) is 3.91. The number of ether oxygens (including phenoxy) is 1. The second-order valence-corrected chi connectivity index (χ2v) is 5.16.